The fourth-order valence-electron chi connectivity index (χ4n) is 8.16. The zero-order valence-electron chi connectivity index (χ0n) is 30.2. The van der Waals surface area contributed by atoms with E-state index in [0.29, 0.717) is 0 Å². The van der Waals surface area contributed by atoms with Crippen LogP contribution in [0.2, 0.25) is 0 Å². The first-order valence-electron chi connectivity index (χ1n) is 18.8. The second-order valence-corrected chi connectivity index (χ2v) is 14.0. The highest BCUT2D eigenvalue weighted by Gasteiger charge is 2.19. The van der Waals surface area contributed by atoms with Crippen LogP contribution < -0.4 is 5.32 Å². The Hall–Kier alpha value is -7.64. The smallest absolute Gasteiger partial charge is 0.0894 e. The van der Waals surface area contributed by atoms with Crippen molar-refractivity contribution in [2.24, 2.45) is 0 Å². The molecule has 4 aromatic carbocycles. The highest BCUT2D eigenvalue weighted by atomic mass is 15.0. The minimum absolute atomic E-state index is 0.788. The summed E-state index contributed by atoms with van der Waals surface area (Å²) in [6.45, 7) is 0.809. The molecule has 0 saturated heterocycles. The molecule has 1 aliphatic rings. The molecule has 0 spiro atoms. The number of fused-ring (bicyclic) bond motifs is 6. The van der Waals surface area contributed by atoms with Crippen molar-refractivity contribution in [1.82, 2.24) is 34.4 Å². The summed E-state index contributed by atoms with van der Waals surface area (Å²) in [4.78, 5) is 19.8. The number of hydrogen-bond donors (Lipinski definition) is 1. The Bertz CT molecular complexity index is 3120. The third-order valence-electron chi connectivity index (χ3n) is 10.7. The van der Waals surface area contributed by atoms with Crippen molar-refractivity contribution in [3.8, 4) is 56.7 Å². The average Bonchev–Trinajstić information content (AvgIpc) is 3.80. The summed E-state index contributed by atoms with van der Waals surface area (Å²) in [5.41, 5.74) is 15.2. The van der Waals surface area contributed by atoms with E-state index in [1.807, 2.05) is 55.0 Å². The number of pyridine rings is 4. The van der Waals surface area contributed by atoms with E-state index in [0.717, 1.165) is 79.6 Å². The van der Waals surface area contributed by atoms with E-state index >= 15 is 0 Å². The molecule has 1 aliphatic heterocycles. The van der Waals surface area contributed by atoms with Crippen LogP contribution in [0.4, 0.5) is 0 Å². The number of hydrogen-bond acceptors (Lipinski definition) is 5. The van der Waals surface area contributed by atoms with E-state index in [4.69, 9.17) is 15.0 Å². The molecule has 264 valence electrons. The van der Waals surface area contributed by atoms with Gasteiger partial charge in [-0.25, -0.2) is 15.0 Å². The molecular weight excluding hydrogens is 687 g/mol. The van der Waals surface area contributed by atoms with Crippen LogP contribution in [-0.2, 0) is 6.54 Å². The lowest BCUT2D eigenvalue weighted by molar-refractivity contribution is 0.855. The molecule has 7 heteroatoms. The van der Waals surface area contributed by atoms with Crippen molar-refractivity contribution in [2.45, 2.75) is 6.54 Å². The van der Waals surface area contributed by atoms with Gasteiger partial charge in [-0.05, 0) is 91.1 Å². The molecule has 0 aliphatic carbocycles. The van der Waals surface area contributed by atoms with Gasteiger partial charge in [0.05, 0.1) is 56.4 Å². The van der Waals surface area contributed by atoms with Crippen molar-refractivity contribution in [2.75, 3.05) is 0 Å². The molecule has 1 N–H and O–H groups in total. The Morgan fingerprint density at radius 2 is 0.964 bits per heavy atom. The van der Waals surface area contributed by atoms with E-state index < -0.39 is 0 Å². The van der Waals surface area contributed by atoms with Crippen LogP contribution in [0, 0.1) is 0 Å². The number of para-hydroxylation sites is 2. The van der Waals surface area contributed by atoms with Crippen LogP contribution in [-0.4, -0.2) is 29.1 Å². The lowest BCUT2D eigenvalue weighted by Crippen LogP contribution is -2.10. The summed E-state index contributed by atoms with van der Waals surface area (Å²) in [6, 6.07) is 54.7. The molecule has 6 aromatic heterocycles. The predicted octanol–water partition coefficient (Wildman–Crippen LogP) is 11.0. The maximum absolute atomic E-state index is 5.14. The Labute approximate surface area is 322 Å². The minimum Gasteiger partial charge on any atom is -0.387 e. The molecule has 0 bridgehead atoms. The lowest BCUT2D eigenvalue weighted by Gasteiger charge is -2.14. The molecule has 7 heterocycles. The summed E-state index contributed by atoms with van der Waals surface area (Å²) in [6.07, 6.45) is 7.99. The van der Waals surface area contributed by atoms with Gasteiger partial charge in [-0.1, -0.05) is 78.9 Å². The zero-order chi connectivity index (χ0) is 37.0. The van der Waals surface area contributed by atoms with Gasteiger partial charge in [0, 0.05) is 63.2 Å². The first-order valence-corrected chi connectivity index (χ1v) is 18.8. The van der Waals surface area contributed by atoms with E-state index in [-0.39, 0.29) is 0 Å². The summed E-state index contributed by atoms with van der Waals surface area (Å²) >= 11 is 0. The standard InChI is InChI=1S/C49H33N7/c1-3-22-46-36(14-1)38-30-50-26-24-48(38)55(46)34-12-5-10-32(28-34)40-16-7-18-42(52-40)44-20-9-21-45(54-44)43-19-8-17-41(53-43)33-11-6-13-35(29-33)56-47-23-4-2-15-37(47)39-31-51-27-25-49(39)56/h1-30,51H,31H2. The zero-order valence-corrected chi connectivity index (χ0v) is 30.2. The molecular formula is C49H33N7. The summed E-state index contributed by atoms with van der Waals surface area (Å²) < 4.78 is 4.65. The molecule has 10 aromatic rings. The fourth-order valence-corrected chi connectivity index (χ4v) is 8.16. The molecule has 0 radical (unpaired) electrons. The normalized spacial score (nSPS) is 12.3. The third-order valence-corrected chi connectivity index (χ3v) is 10.7. The van der Waals surface area contributed by atoms with E-state index in [1.165, 1.54) is 27.5 Å². The molecule has 56 heavy (non-hydrogen) atoms. The number of benzene rings is 4. The number of nitrogens with zero attached hydrogens (tertiary/aromatic N) is 6. The van der Waals surface area contributed by atoms with Gasteiger partial charge in [0.2, 0.25) is 0 Å². The molecule has 11 rings (SSSR count). The van der Waals surface area contributed by atoms with E-state index in [9.17, 15) is 0 Å². The first kappa shape index (κ1) is 31.8. The summed E-state index contributed by atoms with van der Waals surface area (Å²) in [5.74, 6) is 0. The number of nitrogens with one attached hydrogen (secondary N) is 1. The van der Waals surface area contributed by atoms with E-state index in [2.05, 4.69) is 147 Å². The van der Waals surface area contributed by atoms with Crippen molar-refractivity contribution in [3.63, 3.8) is 0 Å². The van der Waals surface area contributed by atoms with Gasteiger partial charge >= 0.3 is 0 Å². The molecule has 0 atom stereocenters. The molecule has 7 nitrogen and oxygen atoms in total. The SMILES string of the molecule is C1=Cc2c(c3ccccc3n2-c2cccc(-c3cccc(-c4cccc(-c5cccc(-c6cccc(-n7c8ccccc8c8cnccc87)c6)n5)n4)n3)c2)CN1. The second kappa shape index (κ2) is 13.0. The summed E-state index contributed by atoms with van der Waals surface area (Å²) in [5, 5.41) is 6.96. The van der Waals surface area contributed by atoms with Crippen molar-refractivity contribution < 1.29 is 0 Å². The van der Waals surface area contributed by atoms with Crippen molar-refractivity contribution in [1.29, 1.82) is 0 Å². The van der Waals surface area contributed by atoms with Gasteiger partial charge in [0.25, 0.3) is 0 Å². The van der Waals surface area contributed by atoms with Gasteiger partial charge in [-0.15, -0.1) is 0 Å². The van der Waals surface area contributed by atoms with Gasteiger partial charge in [-0.3, -0.25) is 4.98 Å². The highest BCUT2D eigenvalue weighted by molar-refractivity contribution is 6.08. The Morgan fingerprint density at radius 1 is 0.446 bits per heavy atom. The lowest BCUT2D eigenvalue weighted by atomic mass is 10.1. The maximum atomic E-state index is 5.14. The molecule has 0 saturated carbocycles. The average molecular weight is 720 g/mol. The Kier molecular flexibility index (Phi) is 7.41. The minimum atomic E-state index is 0.788. The summed E-state index contributed by atoms with van der Waals surface area (Å²) in [7, 11) is 0. The van der Waals surface area contributed by atoms with Gasteiger partial charge < -0.3 is 14.5 Å². The van der Waals surface area contributed by atoms with Gasteiger partial charge in [-0.2, -0.15) is 0 Å². The van der Waals surface area contributed by atoms with E-state index in [1.54, 1.807) is 0 Å². The highest BCUT2D eigenvalue weighted by Crippen LogP contribution is 2.35. The monoisotopic (exact) mass is 719 g/mol. The Balaban J connectivity index is 0.924. The number of rotatable bonds is 6. The molecule has 0 amide bonds. The Morgan fingerprint density at radius 3 is 1.62 bits per heavy atom. The predicted molar refractivity (Wildman–Crippen MR) is 226 cm³/mol. The first-order chi connectivity index (χ1) is 27.8. The van der Waals surface area contributed by atoms with Crippen LogP contribution in [0.15, 0.2) is 176 Å². The molecule has 0 fully saturated rings. The third kappa shape index (κ3) is 5.28. The van der Waals surface area contributed by atoms with Crippen molar-refractivity contribution in [3.05, 3.63) is 188 Å². The van der Waals surface area contributed by atoms with Crippen molar-refractivity contribution >= 4 is 38.8 Å². The second-order valence-electron chi connectivity index (χ2n) is 14.0. The van der Waals surface area contributed by atoms with Gasteiger partial charge in [0.15, 0.2) is 0 Å². The fraction of sp³-hybridized carbons (Fsp3) is 0.0204. The number of aromatic nitrogens is 6. The van der Waals surface area contributed by atoms with Crippen LogP contribution in [0.1, 0.15) is 11.3 Å². The molecule has 0 unspecified atom stereocenters. The van der Waals surface area contributed by atoms with Crippen LogP contribution in [0.3, 0.4) is 0 Å². The quantitative estimate of drug-likeness (QED) is 0.185. The van der Waals surface area contributed by atoms with Crippen LogP contribution in [0.5, 0.6) is 0 Å². The topological polar surface area (TPSA) is 73.5 Å². The van der Waals surface area contributed by atoms with Crippen LogP contribution >= 0.6 is 0 Å². The maximum Gasteiger partial charge on any atom is 0.0894 e. The van der Waals surface area contributed by atoms with Crippen LogP contribution in [0.25, 0.3) is 95.5 Å². The van der Waals surface area contributed by atoms with Gasteiger partial charge in [0.1, 0.15) is 0 Å². The largest absolute Gasteiger partial charge is 0.387 e.